The quantitative estimate of drug-likeness (QED) is 0.106. The van der Waals surface area contributed by atoms with Crippen LogP contribution in [0.25, 0.3) is 11.1 Å². The smallest absolute Gasteiger partial charge is 0.240 e. The number of likely N-dealkylation sites (N-methyl/N-ethyl adjacent to an activating group) is 1. The summed E-state index contributed by atoms with van der Waals surface area (Å²) in [4.78, 5) is 22.8. The SMILES string of the molecule is COc1c(CN2O[C@@H](CO)[C@@H]([C@H](C)O)[C@H]2C(=O)N[C@H]2C[C@@H]3C[C@H]([C@@H]2C)C3(C)C)cccc1-c1cc(NCC(C)C)cc(C(O)N[C@@H](CC(C)C)CN(C)C)c1. The monoisotopic (exact) mass is 766 g/mol. The number of hydroxylamine groups is 2. The molecule has 6 rings (SSSR count). The van der Waals surface area contributed by atoms with Crippen LogP contribution in [0.15, 0.2) is 36.4 Å². The number of para-hydroxylation sites is 1. The molecule has 0 aromatic heterocycles. The Kier molecular flexibility index (Phi) is 14.4. The number of carbonyl (C=O) groups excluding carboxylic acids is 1. The highest BCUT2D eigenvalue weighted by Crippen LogP contribution is 2.61. The van der Waals surface area contributed by atoms with Gasteiger partial charge in [-0.1, -0.05) is 66.7 Å². The van der Waals surface area contributed by atoms with Gasteiger partial charge in [-0.2, -0.15) is 5.06 Å². The van der Waals surface area contributed by atoms with Crippen LogP contribution in [-0.4, -0.2) is 102 Å². The molecule has 0 spiro atoms. The number of nitrogens with one attached hydrogen (secondary N) is 3. The first kappa shape index (κ1) is 43.4. The van der Waals surface area contributed by atoms with Gasteiger partial charge in [-0.15, -0.1) is 0 Å². The van der Waals surface area contributed by atoms with Crippen molar-refractivity contribution in [2.24, 2.45) is 40.9 Å². The van der Waals surface area contributed by atoms with Gasteiger partial charge in [0.05, 0.1) is 26.4 Å². The average molecular weight is 766 g/mol. The van der Waals surface area contributed by atoms with Crippen LogP contribution in [-0.2, 0) is 16.2 Å². The summed E-state index contributed by atoms with van der Waals surface area (Å²) in [6.45, 7) is 18.7. The first-order valence-corrected chi connectivity index (χ1v) is 20.6. The lowest BCUT2D eigenvalue weighted by Crippen LogP contribution is -2.62. The number of methoxy groups -OCH3 is 1. The second kappa shape index (κ2) is 18.2. The van der Waals surface area contributed by atoms with E-state index >= 15 is 0 Å². The van der Waals surface area contributed by atoms with Crippen molar-refractivity contribution < 1.29 is 29.7 Å². The number of rotatable bonds is 18. The van der Waals surface area contributed by atoms with Crippen molar-refractivity contribution in [3.63, 3.8) is 0 Å². The molecule has 2 aromatic rings. The Morgan fingerprint density at radius 1 is 1.07 bits per heavy atom. The van der Waals surface area contributed by atoms with Crippen LogP contribution in [0.3, 0.4) is 0 Å². The van der Waals surface area contributed by atoms with Gasteiger partial charge in [-0.05, 0) is 105 Å². The molecule has 1 aliphatic heterocycles. The van der Waals surface area contributed by atoms with E-state index in [0.717, 1.165) is 53.9 Å². The van der Waals surface area contributed by atoms with E-state index in [9.17, 15) is 20.1 Å². The summed E-state index contributed by atoms with van der Waals surface area (Å²) < 4.78 is 6.14. The molecule has 0 radical (unpaired) electrons. The lowest BCUT2D eigenvalue weighted by Gasteiger charge is -2.62. The van der Waals surface area contributed by atoms with Crippen molar-refractivity contribution in [3.8, 4) is 16.9 Å². The number of anilines is 1. The Bertz CT molecular complexity index is 1570. The summed E-state index contributed by atoms with van der Waals surface area (Å²) in [5.74, 6) is 2.17. The largest absolute Gasteiger partial charge is 0.496 e. The van der Waals surface area contributed by atoms with E-state index in [1.807, 2.05) is 44.4 Å². The fourth-order valence-electron chi connectivity index (χ4n) is 9.74. The number of carbonyl (C=O) groups is 1. The zero-order valence-corrected chi connectivity index (χ0v) is 35.3. The van der Waals surface area contributed by atoms with Gasteiger partial charge in [0, 0.05) is 47.9 Å². The minimum absolute atomic E-state index is 0.0472. The third kappa shape index (κ3) is 9.86. The maximum Gasteiger partial charge on any atom is 0.240 e. The van der Waals surface area contributed by atoms with Crippen LogP contribution in [0.2, 0.25) is 0 Å². The summed E-state index contributed by atoms with van der Waals surface area (Å²) in [5.41, 5.74) is 4.42. The van der Waals surface area contributed by atoms with Gasteiger partial charge in [0.25, 0.3) is 0 Å². The molecule has 4 aliphatic rings. The van der Waals surface area contributed by atoms with E-state index in [2.05, 4.69) is 75.4 Å². The molecule has 6 N–H and O–H groups in total. The third-order valence-electron chi connectivity index (χ3n) is 12.7. The van der Waals surface area contributed by atoms with Crippen LogP contribution in [0.4, 0.5) is 5.69 Å². The number of aliphatic hydroxyl groups excluding tert-OH is 3. The van der Waals surface area contributed by atoms with E-state index in [1.54, 1.807) is 19.1 Å². The number of hydrogen-bond acceptors (Lipinski definition) is 10. The number of ether oxygens (including phenoxy) is 1. The Labute approximate surface area is 330 Å². The average Bonchev–Trinajstić information content (AvgIpc) is 3.49. The molecule has 3 aliphatic carbocycles. The molecule has 2 bridgehead atoms. The highest BCUT2D eigenvalue weighted by molar-refractivity contribution is 5.83. The molecule has 10 atom stereocenters. The Morgan fingerprint density at radius 2 is 1.80 bits per heavy atom. The molecular formula is C44H71N5O6. The first-order chi connectivity index (χ1) is 25.9. The summed E-state index contributed by atoms with van der Waals surface area (Å²) in [6.07, 6.45) is 0.543. The van der Waals surface area contributed by atoms with Gasteiger partial charge in [-0.3, -0.25) is 14.9 Å². The number of benzene rings is 2. The van der Waals surface area contributed by atoms with E-state index in [4.69, 9.17) is 9.57 Å². The number of amides is 1. The van der Waals surface area contributed by atoms with Gasteiger partial charge < -0.3 is 35.6 Å². The molecule has 1 heterocycles. The highest BCUT2D eigenvalue weighted by atomic mass is 16.7. The van der Waals surface area contributed by atoms with Crippen molar-refractivity contribution in [1.29, 1.82) is 0 Å². The summed E-state index contributed by atoms with van der Waals surface area (Å²) in [6, 6.07) is 11.3. The fourth-order valence-corrected chi connectivity index (χ4v) is 9.74. The molecule has 308 valence electrons. The Hall–Kier alpha value is -2.77. The predicted molar refractivity (Wildman–Crippen MR) is 219 cm³/mol. The van der Waals surface area contributed by atoms with E-state index in [0.29, 0.717) is 35.3 Å². The Balaban J connectivity index is 1.46. The third-order valence-corrected chi connectivity index (χ3v) is 12.7. The van der Waals surface area contributed by atoms with Gasteiger partial charge in [-0.25, -0.2) is 0 Å². The predicted octanol–water partition coefficient (Wildman–Crippen LogP) is 5.65. The zero-order chi connectivity index (χ0) is 40.4. The second-order valence-electron chi connectivity index (χ2n) is 18.5. The topological polar surface area (TPSA) is 139 Å². The summed E-state index contributed by atoms with van der Waals surface area (Å²) in [7, 11) is 5.73. The first-order valence-electron chi connectivity index (χ1n) is 20.6. The molecule has 11 nitrogen and oxygen atoms in total. The molecule has 2 aromatic carbocycles. The number of fused-ring (bicyclic) bond motifs is 2. The van der Waals surface area contributed by atoms with Gasteiger partial charge in [0.15, 0.2) is 0 Å². The molecule has 1 amide bonds. The lowest BCUT2D eigenvalue weighted by molar-refractivity contribution is -0.183. The molecule has 11 heteroatoms. The normalized spacial score (nSPS) is 27.9. The van der Waals surface area contributed by atoms with E-state index in [1.165, 1.54) is 6.42 Å². The van der Waals surface area contributed by atoms with Gasteiger partial charge in [0.2, 0.25) is 5.91 Å². The summed E-state index contributed by atoms with van der Waals surface area (Å²) >= 11 is 0. The number of nitrogens with zero attached hydrogens (tertiary/aromatic N) is 2. The maximum atomic E-state index is 14.3. The lowest BCUT2D eigenvalue weighted by atomic mass is 9.45. The number of aliphatic hydroxyl groups is 3. The number of hydrogen-bond donors (Lipinski definition) is 6. The molecule has 4 fully saturated rings. The second-order valence-corrected chi connectivity index (χ2v) is 18.5. The van der Waals surface area contributed by atoms with Crippen LogP contribution < -0.4 is 20.7 Å². The maximum absolute atomic E-state index is 14.3. The zero-order valence-electron chi connectivity index (χ0n) is 35.3. The molecule has 3 saturated carbocycles. The van der Waals surface area contributed by atoms with Crippen LogP contribution in [0, 0.1) is 40.9 Å². The Morgan fingerprint density at radius 3 is 2.38 bits per heavy atom. The fraction of sp³-hybridized carbons (Fsp3) is 0.705. The van der Waals surface area contributed by atoms with Crippen molar-refractivity contribution in [3.05, 3.63) is 47.5 Å². The van der Waals surface area contributed by atoms with Crippen molar-refractivity contribution in [2.45, 2.75) is 118 Å². The molecule has 1 unspecified atom stereocenters. The van der Waals surface area contributed by atoms with Gasteiger partial charge in [0.1, 0.15) is 24.1 Å². The molecule has 55 heavy (non-hydrogen) atoms. The van der Waals surface area contributed by atoms with E-state index in [-0.39, 0.29) is 36.6 Å². The molecular weight excluding hydrogens is 695 g/mol. The van der Waals surface area contributed by atoms with Gasteiger partial charge >= 0.3 is 0 Å². The van der Waals surface area contributed by atoms with Crippen molar-refractivity contribution in [2.75, 3.05) is 46.2 Å². The van der Waals surface area contributed by atoms with Crippen LogP contribution in [0.1, 0.15) is 92.0 Å². The minimum atomic E-state index is -0.897. The summed E-state index contributed by atoms with van der Waals surface area (Å²) in [5, 5.41) is 45.1. The molecule has 1 saturated heterocycles. The van der Waals surface area contributed by atoms with Crippen molar-refractivity contribution in [1.82, 2.24) is 20.6 Å². The van der Waals surface area contributed by atoms with E-state index < -0.39 is 30.4 Å². The van der Waals surface area contributed by atoms with Crippen LogP contribution >= 0.6 is 0 Å². The van der Waals surface area contributed by atoms with Crippen LogP contribution in [0.5, 0.6) is 5.75 Å². The highest BCUT2D eigenvalue weighted by Gasteiger charge is 2.57. The standard InChI is InChI=1S/C44H71N5O6/c1-25(2)15-34(23-48(9)10)46-42(52)31-16-30(17-33(18-31)45-21-26(3)4)35-14-12-13-29(41(35)54-11)22-49-40(39(28(6)51)38(24-50)55-49)43(53)47-37-20-32-19-36(27(37)5)44(32,7)8/h12-14,16-18,25-28,32,34,36-40,42,45-46,50-52H,15,19-24H2,1-11H3,(H,47,53)/t27-,28-,32-,34-,36+,37-,38-,39+,40-,42?/m0/s1. The minimum Gasteiger partial charge on any atom is -0.496 e. The van der Waals surface area contributed by atoms with Crippen molar-refractivity contribution >= 4 is 11.6 Å².